The van der Waals surface area contributed by atoms with Crippen LogP contribution >= 0.6 is 22.7 Å². The fraction of sp³-hybridized carbons (Fsp3) is 0.100. The van der Waals surface area contributed by atoms with Crippen molar-refractivity contribution < 1.29 is 18.8 Å². The van der Waals surface area contributed by atoms with Gasteiger partial charge in [0.15, 0.2) is 10.9 Å². The van der Waals surface area contributed by atoms with Crippen molar-refractivity contribution in [2.24, 2.45) is 0 Å². The molecule has 8 nitrogen and oxygen atoms in total. The van der Waals surface area contributed by atoms with Crippen LogP contribution in [-0.2, 0) is 4.79 Å². The van der Waals surface area contributed by atoms with Gasteiger partial charge in [-0.25, -0.2) is 4.98 Å². The minimum Gasteiger partial charge on any atom is -0.459 e. The van der Waals surface area contributed by atoms with Crippen LogP contribution in [0.4, 0.5) is 15.8 Å². The van der Waals surface area contributed by atoms with Gasteiger partial charge in [-0.15, -0.1) is 11.3 Å². The van der Waals surface area contributed by atoms with Gasteiger partial charge in [0, 0.05) is 12.6 Å². The summed E-state index contributed by atoms with van der Waals surface area (Å²) in [6, 6.07) is 10.3. The third kappa shape index (κ3) is 4.24. The molecule has 3 aromatic heterocycles. The normalized spacial score (nSPS) is 10.7. The van der Waals surface area contributed by atoms with Gasteiger partial charge in [-0.3, -0.25) is 19.7 Å². The van der Waals surface area contributed by atoms with Gasteiger partial charge in [0.1, 0.15) is 0 Å². The Labute approximate surface area is 178 Å². The first kappa shape index (κ1) is 19.8. The van der Waals surface area contributed by atoms with Crippen molar-refractivity contribution >= 4 is 66.4 Å². The molecular formula is C20H16N4O4S2. The second-order valence-corrected chi connectivity index (χ2v) is 8.47. The van der Waals surface area contributed by atoms with E-state index in [9.17, 15) is 14.4 Å². The number of hydrogen-bond donors (Lipinski definition) is 3. The number of thiazole rings is 1. The summed E-state index contributed by atoms with van der Waals surface area (Å²) in [5.74, 6) is -0.651. The molecule has 3 N–H and O–H groups in total. The largest absolute Gasteiger partial charge is 0.459 e. The van der Waals surface area contributed by atoms with E-state index in [1.165, 1.54) is 35.9 Å². The number of rotatable bonds is 5. The minimum atomic E-state index is -0.380. The Morgan fingerprint density at radius 2 is 1.83 bits per heavy atom. The summed E-state index contributed by atoms with van der Waals surface area (Å²) in [5, 5.41) is 9.24. The number of nitrogens with one attached hydrogen (secondary N) is 3. The van der Waals surface area contributed by atoms with Crippen molar-refractivity contribution in [3.05, 3.63) is 58.9 Å². The lowest BCUT2D eigenvalue weighted by atomic mass is 10.3. The number of aryl methyl sites for hydroxylation is 1. The van der Waals surface area contributed by atoms with Gasteiger partial charge < -0.3 is 15.1 Å². The van der Waals surface area contributed by atoms with Crippen molar-refractivity contribution in [3.8, 4) is 0 Å². The van der Waals surface area contributed by atoms with E-state index in [2.05, 4.69) is 20.9 Å². The number of nitrogens with zero attached hydrogens (tertiary/aromatic N) is 1. The Morgan fingerprint density at radius 3 is 2.57 bits per heavy atom. The molecule has 1 aromatic carbocycles. The number of hydrogen-bond acceptors (Lipinski definition) is 7. The Morgan fingerprint density at radius 1 is 1.00 bits per heavy atom. The first-order chi connectivity index (χ1) is 14.4. The molecule has 0 fully saturated rings. The number of fused-ring (bicyclic) bond motifs is 1. The predicted molar refractivity (Wildman–Crippen MR) is 118 cm³/mol. The maximum absolute atomic E-state index is 12.7. The second kappa shape index (κ2) is 8.09. The average molecular weight is 441 g/mol. The zero-order valence-electron chi connectivity index (χ0n) is 15.9. The molecule has 0 saturated carbocycles. The topological polar surface area (TPSA) is 113 Å². The van der Waals surface area contributed by atoms with Crippen LogP contribution in [0.15, 0.2) is 47.1 Å². The Hall–Kier alpha value is -3.50. The summed E-state index contributed by atoms with van der Waals surface area (Å²) in [7, 11) is 0. The standard InChI is InChI=1S/C20H16N4O4S2/c1-10-8-16(23-18(26)14-4-3-7-28-14)30-17(10)19(27)24-20-22-13-6-5-12(21-11(2)25)9-15(13)29-20/h3-9H,1-2H3,(H,21,25)(H,23,26)(H,22,24,27). The Balaban J connectivity index is 1.49. The van der Waals surface area contributed by atoms with Gasteiger partial charge in [0.05, 0.1) is 26.4 Å². The molecule has 4 aromatic rings. The summed E-state index contributed by atoms with van der Waals surface area (Å²) in [6.45, 7) is 3.24. The quantitative estimate of drug-likeness (QED) is 0.415. The molecule has 10 heteroatoms. The monoisotopic (exact) mass is 440 g/mol. The van der Waals surface area contributed by atoms with Crippen LogP contribution in [0.2, 0.25) is 0 Å². The van der Waals surface area contributed by atoms with E-state index < -0.39 is 0 Å². The van der Waals surface area contributed by atoms with Gasteiger partial charge >= 0.3 is 0 Å². The van der Waals surface area contributed by atoms with Crippen molar-refractivity contribution in [2.45, 2.75) is 13.8 Å². The van der Waals surface area contributed by atoms with Crippen molar-refractivity contribution in [1.82, 2.24) is 4.98 Å². The van der Waals surface area contributed by atoms with Gasteiger partial charge in [0.25, 0.3) is 11.8 Å². The van der Waals surface area contributed by atoms with Crippen LogP contribution in [0.5, 0.6) is 0 Å². The van der Waals surface area contributed by atoms with Gasteiger partial charge in [-0.2, -0.15) is 0 Å². The molecule has 0 unspecified atom stereocenters. The highest BCUT2D eigenvalue weighted by atomic mass is 32.1. The summed E-state index contributed by atoms with van der Waals surface area (Å²) in [6.07, 6.45) is 1.42. The Bertz CT molecular complexity index is 1260. The fourth-order valence-corrected chi connectivity index (χ4v) is 4.63. The smallest absolute Gasteiger partial charge is 0.291 e. The minimum absolute atomic E-state index is 0.157. The molecule has 152 valence electrons. The molecule has 0 aliphatic rings. The van der Waals surface area contributed by atoms with Crippen LogP contribution in [0.25, 0.3) is 10.2 Å². The third-order valence-electron chi connectivity index (χ3n) is 4.03. The van der Waals surface area contributed by atoms with Crippen LogP contribution < -0.4 is 16.0 Å². The van der Waals surface area contributed by atoms with Crippen LogP contribution in [0.3, 0.4) is 0 Å². The number of carbonyl (C=O) groups is 3. The van der Waals surface area contributed by atoms with E-state index >= 15 is 0 Å². The average Bonchev–Trinajstić information content (AvgIpc) is 3.40. The molecule has 3 heterocycles. The van der Waals surface area contributed by atoms with E-state index in [1.807, 2.05) is 6.07 Å². The maximum Gasteiger partial charge on any atom is 0.291 e. The molecule has 0 radical (unpaired) electrons. The van der Waals surface area contributed by atoms with Gasteiger partial charge in [0.2, 0.25) is 5.91 Å². The van der Waals surface area contributed by atoms with Crippen LogP contribution in [0.1, 0.15) is 32.7 Å². The van der Waals surface area contributed by atoms with E-state index in [0.29, 0.717) is 20.7 Å². The molecule has 4 rings (SSSR count). The van der Waals surface area contributed by atoms with Crippen molar-refractivity contribution in [3.63, 3.8) is 0 Å². The molecule has 0 aliphatic heterocycles. The third-order valence-corrected chi connectivity index (χ3v) is 6.12. The fourth-order valence-electron chi connectivity index (χ4n) is 2.76. The number of carbonyl (C=O) groups excluding carboxylic acids is 3. The van der Waals surface area contributed by atoms with E-state index in [4.69, 9.17) is 4.42 Å². The molecule has 0 saturated heterocycles. The molecule has 0 spiro atoms. The summed E-state index contributed by atoms with van der Waals surface area (Å²) < 4.78 is 5.91. The molecule has 3 amide bonds. The first-order valence-electron chi connectivity index (χ1n) is 8.84. The van der Waals surface area contributed by atoms with E-state index in [1.54, 1.807) is 37.3 Å². The summed E-state index contributed by atoms with van der Waals surface area (Å²) >= 11 is 2.48. The number of benzene rings is 1. The number of anilines is 3. The highest BCUT2D eigenvalue weighted by Crippen LogP contribution is 2.31. The predicted octanol–water partition coefficient (Wildman–Crippen LogP) is 4.72. The second-order valence-electron chi connectivity index (χ2n) is 6.39. The van der Waals surface area contributed by atoms with Crippen LogP contribution in [-0.4, -0.2) is 22.7 Å². The molecule has 0 bridgehead atoms. The summed E-state index contributed by atoms with van der Waals surface area (Å²) in [4.78, 5) is 40.9. The molecule has 0 aliphatic carbocycles. The van der Waals surface area contributed by atoms with Crippen molar-refractivity contribution in [2.75, 3.05) is 16.0 Å². The first-order valence-corrected chi connectivity index (χ1v) is 10.5. The van der Waals surface area contributed by atoms with Gasteiger partial charge in [-0.1, -0.05) is 11.3 Å². The zero-order chi connectivity index (χ0) is 21.3. The lowest BCUT2D eigenvalue weighted by Crippen LogP contribution is -2.11. The van der Waals surface area contributed by atoms with Gasteiger partial charge in [-0.05, 0) is 48.9 Å². The SMILES string of the molecule is CC(=O)Nc1ccc2nc(NC(=O)c3sc(NC(=O)c4ccco4)cc3C)sc2c1. The molecule has 0 atom stereocenters. The maximum atomic E-state index is 12.7. The lowest BCUT2D eigenvalue weighted by Gasteiger charge is -2.00. The Kier molecular flexibility index (Phi) is 5.34. The zero-order valence-corrected chi connectivity index (χ0v) is 17.6. The lowest BCUT2D eigenvalue weighted by molar-refractivity contribution is -0.114. The number of amides is 3. The molecular weight excluding hydrogens is 424 g/mol. The number of furan rings is 1. The van der Waals surface area contributed by atoms with E-state index in [0.717, 1.165) is 15.8 Å². The highest BCUT2D eigenvalue weighted by molar-refractivity contribution is 7.22. The van der Waals surface area contributed by atoms with Crippen molar-refractivity contribution in [1.29, 1.82) is 0 Å². The van der Waals surface area contributed by atoms with Crippen LogP contribution in [0, 0.1) is 6.92 Å². The number of aromatic nitrogens is 1. The number of thiophene rings is 1. The summed E-state index contributed by atoms with van der Waals surface area (Å²) in [5.41, 5.74) is 2.13. The molecule has 30 heavy (non-hydrogen) atoms. The highest BCUT2D eigenvalue weighted by Gasteiger charge is 2.18. The van der Waals surface area contributed by atoms with E-state index in [-0.39, 0.29) is 23.5 Å².